The Morgan fingerprint density at radius 3 is 2.52 bits per heavy atom. The number of esters is 1. The average Bonchev–Trinajstić information content (AvgIpc) is 3.36. The summed E-state index contributed by atoms with van der Waals surface area (Å²) in [7, 11) is 0. The number of nitrogen functional groups attached to an aromatic ring is 1. The van der Waals surface area contributed by atoms with E-state index in [2.05, 4.69) is 15.5 Å². The van der Waals surface area contributed by atoms with Crippen molar-refractivity contribution in [2.45, 2.75) is 30.9 Å². The Labute approximate surface area is 244 Å². The number of β-lactam (4-membered cyclic amide) rings is 1. The Kier molecular flexibility index (Phi) is 8.30. The van der Waals surface area contributed by atoms with Gasteiger partial charge in [0.05, 0.1) is 5.56 Å². The number of carboxylic acid groups (broad SMARTS) is 2. The molecular weight excluding hydrogens is 598 g/mol. The Balaban J connectivity index is 1.50. The van der Waals surface area contributed by atoms with Crippen molar-refractivity contribution in [3.05, 3.63) is 46.1 Å². The minimum Gasteiger partial charge on any atom is -0.504 e. The zero-order valence-corrected chi connectivity index (χ0v) is 23.4. The van der Waals surface area contributed by atoms with Crippen LogP contribution in [0.3, 0.4) is 0 Å². The molecule has 0 bridgehead atoms. The Morgan fingerprint density at radius 2 is 1.93 bits per heavy atom. The number of carbonyl (C=O) groups excluding carboxylic acids is 3. The zero-order chi connectivity index (χ0) is 30.9. The first-order valence-electron chi connectivity index (χ1n) is 11.8. The molecule has 2 atom stereocenters. The summed E-state index contributed by atoms with van der Waals surface area (Å²) < 4.78 is 5.17. The smallest absolute Gasteiger partial charge is 0.352 e. The van der Waals surface area contributed by atoms with Crippen LogP contribution in [0.2, 0.25) is 0 Å². The number of phenols is 2. The van der Waals surface area contributed by atoms with Crippen LogP contribution in [0, 0.1) is 0 Å². The number of nitrogens with one attached hydrogen (secondary N) is 1. The molecule has 0 spiro atoms. The molecule has 0 aliphatic carbocycles. The Morgan fingerprint density at radius 1 is 1.21 bits per heavy atom. The molecule has 42 heavy (non-hydrogen) atoms. The number of fused-ring (bicyclic) bond motifs is 1. The van der Waals surface area contributed by atoms with E-state index in [-0.39, 0.29) is 27.7 Å². The van der Waals surface area contributed by atoms with Crippen molar-refractivity contribution in [3.63, 3.8) is 0 Å². The van der Waals surface area contributed by atoms with Crippen molar-refractivity contribution in [1.82, 2.24) is 15.2 Å². The minimum absolute atomic E-state index is 0.0238. The molecule has 1 fully saturated rings. The van der Waals surface area contributed by atoms with E-state index in [1.165, 1.54) is 25.3 Å². The molecule has 2 aliphatic heterocycles. The van der Waals surface area contributed by atoms with Crippen LogP contribution >= 0.6 is 23.1 Å². The average molecular weight is 622 g/mol. The van der Waals surface area contributed by atoms with E-state index in [1.54, 1.807) is 0 Å². The number of amides is 2. The quantitative estimate of drug-likeness (QED) is 0.0687. The summed E-state index contributed by atoms with van der Waals surface area (Å²) in [6, 6.07) is 2.08. The molecule has 0 radical (unpaired) electrons. The molecule has 1 unspecified atom stereocenters. The zero-order valence-electron chi connectivity index (χ0n) is 21.8. The van der Waals surface area contributed by atoms with E-state index in [9.17, 15) is 44.4 Å². The van der Waals surface area contributed by atoms with Crippen molar-refractivity contribution < 1.29 is 54.0 Å². The fraction of sp³-hybridized carbons (Fsp3) is 0.292. The number of oxime groups is 1. The molecule has 0 saturated carbocycles. The van der Waals surface area contributed by atoms with Gasteiger partial charge in [-0.15, -0.1) is 23.1 Å². The lowest BCUT2D eigenvalue weighted by atomic mass is 10.0. The van der Waals surface area contributed by atoms with Crippen molar-refractivity contribution in [1.29, 1.82) is 0 Å². The van der Waals surface area contributed by atoms with Gasteiger partial charge in [-0.3, -0.25) is 14.5 Å². The number of hydrogen-bond donors (Lipinski definition) is 6. The molecule has 4 rings (SSSR count). The van der Waals surface area contributed by atoms with Crippen LogP contribution in [0.5, 0.6) is 11.5 Å². The largest absolute Gasteiger partial charge is 0.504 e. The summed E-state index contributed by atoms with van der Waals surface area (Å²) in [4.78, 5) is 72.0. The van der Waals surface area contributed by atoms with Gasteiger partial charge >= 0.3 is 17.9 Å². The number of nitrogens with two attached hydrogens (primary N) is 1. The predicted molar refractivity (Wildman–Crippen MR) is 146 cm³/mol. The van der Waals surface area contributed by atoms with Crippen molar-refractivity contribution in [2.75, 3.05) is 18.1 Å². The van der Waals surface area contributed by atoms with Crippen LogP contribution < -0.4 is 11.1 Å². The van der Waals surface area contributed by atoms with E-state index in [0.29, 0.717) is 0 Å². The van der Waals surface area contributed by atoms with Gasteiger partial charge in [0.1, 0.15) is 29.4 Å². The minimum atomic E-state index is -1.81. The number of thioether (sulfide) groups is 1. The molecule has 2 amide bonds. The third-order valence-corrected chi connectivity index (χ3v) is 8.00. The molecule has 18 heteroatoms. The molecule has 2 aliphatic rings. The summed E-state index contributed by atoms with van der Waals surface area (Å²) in [6.45, 7) is 1.93. The number of thiazole rings is 1. The second-order valence-electron chi connectivity index (χ2n) is 9.32. The first kappa shape index (κ1) is 30.1. The molecule has 222 valence electrons. The summed E-state index contributed by atoms with van der Waals surface area (Å²) in [5.41, 5.74) is 2.96. The van der Waals surface area contributed by atoms with E-state index >= 15 is 0 Å². The lowest BCUT2D eigenvalue weighted by Crippen LogP contribution is -2.71. The number of carbonyl (C=O) groups is 5. The first-order chi connectivity index (χ1) is 19.7. The molecule has 3 heterocycles. The van der Waals surface area contributed by atoms with E-state index in [1.807, 2.05) is 0 Å². The van der Waals surface area contributed by atoms with Crippen LogP contribution in [0.25, 0.3) is 0 Å². The second-order valence-corrected chi connectivity index (χ2v) is 11.3. The van der Waals surface area contributed by atoms with Gasteiger partial charge in [0.15, 0.2) is 22.3 Å². The molecule has 1 aromatic heterocycles. The van der Waals surface area contributed by atoms with Crippen LogP contribution in [0.15, 0.2) is 40.0 Å². The van der Waals surface area contributed by atoms with Gasteiger partial charge in [-0.1, -0.05) is 5.16 Å². The molecular formula is C24H23N5O11S2. The SMILES string of the molecule is CC(C)(O/N=C(/C(=O)N[C@@H]1C(=O)N2C(C(=O)O)=C(COC(=O)c3ccc(O)c(O)c3)CSC12)c1csc(N)n1)C(=O)O. The van der Waals surface area contributed by atoms with Crippen LogP contribution in [-0.4, -0.2) is 95.1 Å². The molecule has 1 saturated heterocycles. The standard InChI is InChI=1S/C24H23N5O11S2/c1-24(2,22(37)38)40-28-14(11-8-42-23(25)26-11)17(32)27-15-18(33)29-16(20(34)35)10(7-41-19(15)29)6-39-21(36)9-3-4-12(30)13(31)5-9/h3-5,8,15,19,30-31H,6-7H2,1-2H3,(H2,25,26)(H,27,32)(H,34,35)(H,37,38)/b28-14+/t15-,19?/m1/s1. The van der Waals surface area contributed by atoms with Crippen molar-refractivity contribution in [3.8, 4) is 11.5 Å². The monoisotopic (exact) mass is 621 g/mol. The maximum Gasteiger partial charge on any atom is 0.352 e. The highest BCUT2D eigenvalue weighted by Gasteiger charge is 2.54. The summed E-state index contributed by atoms with van der Waals surface area (Å²) in [6.07, 6.45) is 0. The number of ether oxygens (including phenoxy) is 1. The number of hydrogen-bond acceptors (Lipinski definition) is 14. The normalized spacial score (nSPS) is 18.6. The van der Waals surface area contributed by atoms with Crippen LogP contribution in [0.1, 0.15) is 29.9 Å². The van der Waals surface area contributed by atoms with Gasteiger partial charge in [0.25, 0.3) is 11.8 Å². The van der Waals surface area contributed by atoms with Crippen molar-refractivity contribution >= 4 is 63.7 Å². The molecule has 2 aromatic rings. The Bertz CT molecular complexity index is 1550. The van der Waals surface area contributed by atoms with Gasteiger partial charge in [-0.2, -0.15) is 0 Å². The Hall–Kier alpha value is -4.84. The number of aromatic hydroxyl groups is 2. The second kappa shape index (κ2) is 11.6. The number of aliphatic carboxylic acids is 2. The van der Waals surface area contributed by atoms with Gasteiger partial charge in [-0.25, -0.2) is 19.4 Å². The van der Waals surface area contributed by atoms with E-state index in [4.69, 9.17) is 15.3 Å². The number of aromatic nitrogens is 1. The summed E-state index contributed by atoms with van der Waals surface area (Å²) >= 11 is 2.08. The van der Waals surface area contributed by atoms with E-state index < -0.39 is 76.3 Å². The summed E-state index contributed by atoms with van der Waals surface area (Å²) in [5, 5.41) is 44.9. The van der Waals surface area contributed by atoms with Crippen LogP contribution in [0.4, 0.5) is 5.13 Å². The third kappa shape index (κ3) is 5.93. The predicted octanol–water partition coefficient (Wildman–Crippen LogP) is 0.316. The van der Waals surface area contributed by atoms with Gasteiger partial charge in [-0.05, 0) is 32.0 Å². The lowest BCUT2D eigenvalue weighted by Gasteiger charge is -2.49. The topological polar surface area (TPSA) is 251 Å². The maximum atomic E-state index is 13.2. The first-order valence-corrected chi connectivity index (χ1v) is 13.7. The van der Waals surface area contributed by atoms with Gasteiger partial charge < -0.3 is 41.1 Å². The van der Waals surface area contributed by atoms with Crippen LogP contribution in [-0.2, 0) is 28.8 Å². The molecule has 7 N–H and O–H groups in total. The number of phenolic OH excluding ortho intramolecular Hbond substituents is 2. The van der Waals surface area contributed by atoms with E-state index in [0.717, 1.165) is 40.1 Å². The highest BCUT2D eigenvalue weighted by atomic mass is 32.2. The molecule has 16 nitrogen and oxygen atoms in total. The highest BCUT2D eigenvalue weighted by molar-refractivity contribution is 8.00. The fourth-order valence-electron chi connectivity index (χ4n) is 3.69. The number of carboxylic acids is 2. The highest BCUT2D eigenvalue weighted by Crippen LogP contribution is 2.40. The number of anilines is 1. The third-order valence-electron chi connectivity index (χ3n) is 5.98. The fourth-order valence-corrected chi connectivity index (χ4v) is 5.57. The van der Waals surface area contributed by atoms with Gasteiger partial charge in [0, 0.05) is 16.7 Å². The number of benzene rings is 1. The number of rotatable bonds is 10. The lowest BCUT2D eigenvalue weighted by molar-refractivity contribution is -0.161. The number of nitrogens with zero attached hydrogens (tertiary/aromatic N) is 3. The maximum absolute atomic E-state index is 13.2. The summed E-state index contributed by atoms with van der Waals surface area (Å²) in [5.74, 6) is -6.41. The molecule has 1 aromatic carbocycles. The van der Waals surface area contributed by atoms with Gasteiger partial charge in [0.2, 0.25) is 5.60 Å². The van der Waals surface area contributed by atoms with Crippen molar-refractivity contribution in [2.24, 2.45) is 5.16 Å².